The first-order valence-electron chi connectivity index (χ1n) is 22.9. The smallest absolute Gasteiger partial charge is 0.149 e. The predicted molar refractivity (Wildman–Crippen MR) is 311 cm³/mol. The van der Waals surface area contributed by atoms with Crippen LogP contribution in [-0.2, 0) is 0 Å². The fourth-order valence-electron chi connectivity index (χ4n) is 11.3. The topological polar surface area (TPSA) is 0 Å². The second-order valence-electron chi connectivity index (χ2n) is 27.9. The molecule has 3 rings (SSSR count). The molecule has 0 aromatic heterocycles. The highest BCUT2D eigenvalue weighted by Gasteiger charge is 2.52. The summed E-state index contributed by atoms with van der Waals surface area (Å²) in [6.45, 7) is 78.6. The first kappa shape index (κ1) is 53.5. The summed E-state index contributed by atoms with van der Waals surface area (Å²) in [5, 5.41) is 20.2. The van der Waals surface area contributed by atoms with Gasteiger partial charge in [-0.25, -0.2) is 0 Å². The Morgan fingerprint density at radius 2 is 0.373 bits per heavy atom. The van der Waals surface area contributed by atoms with Gasteiger partial charge in [-0.1, -0.05) is 258 Å². The predicted octanol–water partition coefficient (Wildman–Crippen LogP) is 8.72. The Morgan fingerprint density at radius 3 is 0.492 bits per heavy atom. The van der Waals surface area contributed by atoms with Crippen LogP contribution in [-0.4, -0.2) is 80.0 Å². The molecule has 0 saturated carbocycles. The minimum Gasteiger partial charge on any atom is -0.149 e. The van der Waals surface area contributed by atoms with Crippen molar-refractivity contribution in [3.05, 3.63) is 34.9 Å². The van der Waals surface area contributed by atoms with E-state index in [1.807, 2.05) is 0 Å². The summed E-state index contributed by atoms with van der Waals surface area (Å²) in [5.74, 6) is 0. The van der Waals surface area contributed by atoms with Gasteiger partial charge in [0.1, 0.15) is 0 Å². The number of hydrogen-bond acceptors (Lipinski definition) is 0. The van der Waals surface area contributed by atoms with Gasteiger partial charge in [0.05, 0.1) is 72.7 Å². The van der Waals surface area contributed by atoms with Gasteiger partial charge in [-0.05, 0) is 36.3 Å². The van der Waals surface area contributed by atoms with Crippen LogP contribution in [0.1, 0.15) is 16.7 Å². The normalized spacial score (nSPS) is 14.7. The molecule has 3 aromatic rings. The van der Waals surface area contributed by atoms with Gasteiger partial charge in [0.15, 0.2) is 0 Å². The highest BCUT2D eigenvalue weighted by atomic mass is 35.6. The van der Waals surface area contributed by atoms with E-state index in [4.69, 9.17) is 0 Å². The Hall–Kier alpha value is 0.119. The summed E-state index contributed by atoms with van der Waals surface area (Å²) >= 11 is 9.72. The van der Waals surface area contributed by atoms with Crippen LogP contribution in [0.15, 0.2) is 18.2 Å². The third kappa shape index (κ3) is 10.5. The van der Waals surface area contributed by atoms with E-state index in [0.29, 0.717) is 0 Å². The van der Waals surface area contributed by atoms with Gasteiger partial charge in [0.25, 0.3) is 0 Å². The second-order valence-corrected chi connectivity index (χ2v) is 77.7. The molecule has 3 aromatic carbocycles. The van der Waals surface area contributed by atoms with Crippen molar-refractivity contribution in [3.63, 3.8) is 0 Å². The first-order chi connectivity index (χ1) is 25.6. The van der Waals surface area contributed by atoms with Crippen molar-refractivity contribution in [1.82, 2.24) is 0 Å². The highest BCUT2D eigenvalue weighted by molar-refractivity contribution is 7.43. The summed E-state index contributed by atoms with van der Waals surface area (Å²) < 4.78 is 0. The SMILES string of the molecule is Cc1c([Si](C)(C)C)c([Si](C)(C)C)cc([Si](Cl)(c2cc([Si](C)(C)C)c([Si](C)(C)C)c(C)c2[Si](C)(C)C)c2cc([Si](C)(C)C)c([Si](C)(C)C)c(C)c2[Si](C)(C)C)c1[Si](C)(C)C. The second kappa shape index (κ2) is 16.2. The monoisotopic (exact) mass is 984 g/mol. The minimum atomic E-state index is -3.32. The van der Waals surface area contributed by atoms with E-state index in [-0.39, 0.29) is 0 Å². The van der Waals surface area contributed by atoms with Crippen LogP contribution in [0.5, 0.6) is 0 Å². The first-order valence-corrected chi connectivity index (χ1v) is 57.4. The average Bonchev–Trinajstić information content (AvgIpc) is 2.93. The van der Waals surface area contributed by atoms with Crippen LogP contribution in [0.4, 0.5) is 0 Å². The van der Waals surface area contributed by atoms with E-state index < -0.39 is 80.0 Å². The average molecular weight is 987 g/mol. The van der Waals surface area contributed by atoms with Crippen LogP contribution in [0.25, 0.3) is 0 Å². The van der Waals surface area contributed by atoms with Crippen LogP contribution in [0.3, 0.4) is 0 Å². The summed E-state index contributed by atoms with van der Waals surface area (Å²) in [7, 11) is -20.0. The lowest BCUT2D eigenvalue weighted by atomic mass is 10.2. The van der Waals surface area contributed by atoms with Crippen molar-refractivity contribution >= 4 is 153 Å². The van der Waals surface area contributed by atoms with Gasteiger partial charge in [-0.2, -0.15) is 0 Å². The minimum absolute atomic E-state index is 1.60. The van der Waals surface area contributed by atoms with Crippen LogP contribution >= 0.6 is 11.1 Å². The maximum Gasteiger partial charge on any atom is 0.247 e. The summed E-state index contributed by atoms with van der Waals surface area (Å²) in [6.07, 6.45) is 0. The highest BCUT2D eigenvalue weighted by Crippen LogP contribution is 2.23. The molecule has 0 aliphatic heterocycles. The van der Waals surface area contributed by atoms with Crippen LogP contribution < -0.4 is 62.2 Å². The van der Waals surface area contributed by atoms with Gasteiger partial charge < -0.3 is 0 Å². The Morgan fingerprint density at radius 1 is 0.237 bits per heavy atom. The zero-order valence-corrected chi connectivity index (χ0v) is 55.4. The molecule has 0 heterocycles. The number of halogens is 1. The summed E-state index contributed by atoms with van der Waals surface area (Å²) in [5.41, 5.74) is 4.88. The molecule has 11 heteroatoms. The molecule has 0 radical (unpaired) electrons. The van der Waals surface area contributed by atoms with Gasteiger partial charge in [0, 0.05) is 0 Å². The third-order valence-electron chi connectivity index (χ3n) is 12.8. The van der Waals surface area contributed by atoms with Crippen molar-refractivity contribution in [2.75, 3.05) is 0 Å². The third-order valence-corrected chi connectivity index (χ3v) is 38.4. The van der Waals surface area contributed by atoms with Crippen molar-refractivity contribution < 1.29 is 0 Å². The molecule has 0 amide bonds. The van der Waals surface area contributed by atoms with E-state index in [1.54, 1.807) is 78.9 Å². The maximum atomic E-state index is 9.72. The fraction of sp³-hybridized carbons (Fsp3) is 0.625. The Labute approximate surface area is 382 Å². The molecule has 59 heavy (non-hydrogen) atoms. The van der Waals surface area contributed by atoms with E-state index in [2.05, 4.69) is 216 Å². The molecule has 0 bridgehead atoms. The molecule has 0 aliphatic rings. The molecule has 0 unspecified atom stereocenters. The molecule has 332 valence electrons. The molecule has 0 fully saturated rings. The van der Waals surface area contributed by atoms with Gasteiger partial charge in [-0.15, -0.1) is 11.1 Å². The lowest BCUT2D eigenvalue weighted by Crippen LogP contribution is -2.81. The quantitative estimate of drug-likeness (QED) is 0.0969. The molecule has 0 nitrogen and oxygen atoms in total. The number of rotatable bonds is 12. The molecule has 0 N–H and O–H groups in total. The zero-order chi connectivity index (χ0) is 46.8. The van der Waals surface area contributed by atoms with Crippen molar-refractivity contribution in [2.45, 2.75) is 198 Å². The van der Waals surface area contributed by atoms with E-state index in [0.717, 1.165) is 0 Å². The molecule has 0 spiro atoms. The van der Waals surface area contributed by atoms with Crippen molar-refractivity contribution in [1.29, 1.82) is 0 Å². The molecular formula is C48H93ClSi10. The van der Waals surface area contributed by atoms with E-state index in [1.165, 1.54) is 0 Å². The van der Waals surface area contributed by atoms with E-state index >= 15 is 0 Å². The van der Waals surface area contributed by atoms with Crippen molar-refractivity contribution in [3.8, 4) is 0 Å². The van der Waals surface area contributed by atoms with E-state index in [9.17, 15) is 11.1 Å². The lowest BCUT2D eigenvalue weighted by Gasteiger charge is -2.45. The zero-order valence-electron chi connectivity index (χ0n) is 44.6. The number of benzene rings is 3. The summed E-state index contributed by atoms with van der Waals surface area (Å²) in [4.78, 5) is 0. The lowest BCUT2D eigenvalue weighted by molar-refractivity contribution is 1.51. The number of hydrogen-bond donors (Lipinski definition) is 0. The van der Waals surface area contributed by atoms with Gasteiger partial charge in [-0.3, -0.25) is 0 Å². The van der Waals surface area contributed by atoms with Crippen LogP contribution in [0, 0.1) is 20.8 Å². The van der Waals surface area contributed by atoms with Gasteiger partial charge >= 0.3 is 0 Å². The Balaban J connectivity index is 3.25. The largest absolute Gasteiger partial charge is 0.247 e. The summed E-state index contributed by atoms with van der Waals surface area (Å²) in [6, 6.07) is 8.61. The molecule has 0 atom stereocenters. The Kier molecular flexibility index (Phi) is 14.7. The van der Waals surface area contributed by atoms with Crippen molar-refractivity contribution in [2.24, 2.45) is 0 Å². The Bertz CT molecular complexity index is 1860. The van der Waals surface area contributed by atoms with Crippen LogP contribution in [0.2, 0.25) is 177 Å². The van der Waals surface area contributed by atoms with Gasteiger partial charge in [0.2, 0.25) is 7.38 Å². The standard InChI is InChI=1S/C48H93ClSi10/c1-34-43(53(13,14)15)37(50(4,5)6)31-40(46(34)56(22,23)24)59(49,41-32-38(51(7,8)9)44(54(16,17)18)35(2)47(41)57(25,26)27)42-33-39(52(10,11)12)45(55(19,20)21)36(3)48(42)58(28,29)30/h31-33H,1-30H3. The fourth-order valence-corrected chi connectivity index (χ4v) is 46.8. The molecule has 0 saturated heterocycles. The molecule has 0 aliphatic carbocycles. The maximum absolute atomic E-state index is 9.72. The molecular weight excluding hydrogens is 893 g/mol.